The highest BCUT2D eigenvalue weighted by Gasteiger charge is 2.22. The molecule has 4 rings (SSSR count). The number of rotatable bonds is 8. The van der Waals surface area contributed by atoms with Crippen LogP contribution in [0.1, 0.15) is 80.7 Å². The predicted molar refractivity (Wildman–Crippen MR) is 127 cm³/mol. The zero-order valence-electron chi connectivity index (χ0n) is 19.4. The van der Waals surface area contributed by atoms with E-state index in [-0.39, 0.29) is 17.9 Å². The van der Waals surface area contributed by atoms with E-state index in [9.17, 15) is 4.79 Å². The minimum absolute atomic E-state index is 0.187. The van der Waals surface area contributed by atoms with Crippen LogP contribution in [0.15, 0.2) is 36.5 Å². The maximum absolute atomic E-state index is 12.7. The van der Waals surface area contributed by atoms with Gasteiger partial charge in [-0.2, -0.15) is 0 Å². The number of hydrogen-bond donors (Lipinski definition) is 1. The van der Waals surface area contributed by atoms with E-state index in [1.165, 1.54) is 54.7 Å². The Hall–Kier alpha value is -2.07. The first kappa shape index (κ1) is 22.1. The van der Waals surface area contributed by atoms with Crippen molar-refractivity contribution in [1.82, 2.24) is 14.8 Å². The highest BCUT2D eigenvalue weighted by Crippen LogP contribution is 2.25. The highest BCUT2D eigenvalue weighted by molar-refractivity contribution is 5.77. The van der Waals surface area contributed by atoms with E-state index in [4.69, 9.17) is 0 Å². The van der Waals surface area contributed by atoms with Crippen LogP contribution in [-0.4, -0.2) is 34.5 Å². The maximum atomic E-state index is 12.7. The Bertz CT molecular complexity index is 865. The molecule has 2 aliphatic rings. The fourth-order valence-electron chi connectivity index (χ4n) is 5.39. The van der Waals surface area contributed by atoms with Gasteiger partial charge in [0.05, 0.1) is 0 Å². The molecule has 1 saturated heterocycles. The second-order valence-corrected chi connectivity index (χ2v) is 9.68. The third kappa shape index (κ3) is 5.79. The molecule has 1 aromatic heterocycles. The second kappa shape index (κ2) is 10.5. The molecule has 2 unspecified atom stereocenters. The number of aryl methyl sites for hydroxylation is 2. The van der Waals surface area contributed by atoms with E-state index < -0.39 is 0 Å². The van der Waals surface area contributed by atoms with Gasteiger partial charge in [0, 0.05) is 43.4 Å². The Kier molecular flexibility index (Phi) is 7.49. The van der Waals surface area contributed by atoms with Gasteiger partial charge in [-0.15, -0.1) is 0 Å². The number of carbonyl (C=O) groups excluding carboxylic acids is 1. The van der Waals surface area contributed by atoms with Gasteiger partial charge in [-0.1, -0.05) is 38.5 Å². The Balaban J connectivity index is 1.29. The third-order valence-electron chi connectivity index (χ3n) is 7.04. The molecule has 1 amide bonds. The van der Waals surface area contributed by atoms with Crippen molar-refractivity contribution in [3.63, 3.8) is 0 Å². The molecule has 168 valence electrons. The molecule has 0 bridgehead atoms. The van der Waals surface area contributed by atoms with Crippen LogP contribution in [0.25, 0.3) is 0 Å². The first-order valence-corrected chi connectivity index (χ1v) is 12.4. The number of amides is 1. The lowest BCUT2D eigenvalue weighted by molar-refractivity contribution is -0.122. The van der Waals surface area contributed by atoms with Crippen molar-refractivity contribution in [2.24, 2.45) is 0 Å². The van der Waals surface area contributed by atoms with E-state index in [1.807, 2.05) is 0 Å². The summed E-state index contributed by atoms with van der Waals surface area (Å²) in [5.74, 6) is 0.432. The Morgan fingerprint density at radius 1 is 1.16 bits per heavy atom. The van der Waals surface area contributed by atoms with Crippen LogP contribution in [0.4, 0.5) is 0 Å². The Labute approximate surface area is 188 Å². The van der Waals surface area contributed by atoms with Crippen LogP contribution >= 0.6 is 0 Å². The summed E-state index contributed by atoms with van der Waals surface area (Å²) in [6.07, 6.45) is 11.0. The van der Waals surface area contributed by atoms with Gasteiger partial charge in [-0.05, 0) is 80.4 Å². The number of hydrogen-bond acceptors (Lipinski definition) is 2. The number of fused-ring (bicyclic) bond motifs is 1. The van der Waals surface area contributed by atoms with Gasteiger partial charge in [0.25, 0.3) is 0 Å². The molecule has 1 aromatic carbocycles. The fourth-order valence-corrected chi connectivity index (χ4v) is 5.39. The number of piperidine rings is 1. The quantitative estimate of drug-likeness (QED) is 0.647. The van der Waals surface area contributed by atoms with Gasteiger partial charge in [-0.25, -0.2) is 0 Å². The summed E-state index contributed by atoms with van der Waals surface area (Å²) in [4.78, 5) is 15.3. The van der Waals surface area contributed by atoms with Crippen LogP contribution in [0.3, 0.4) is 0 Å². The van der Waals surface area contributed by atoms with Gasteiger partial charge >= 0.3 is 0 Å². The molecular weight excluding hydrogens is 382 g/mol. The lowest BCUT2D eigenvalue weighted by Crippen LogP contribution is -2.39. The predicted octanol–water partition coefficient (Wildman–Crippen LogP) is 5.05. The average Bonchev–Trinajstić information content (AvgIpc) is 3.23. The van der Waals surface area contributed by atoms with Crippen LogP contribution in [0.2, 0.25) is 0 Å². The highest BCUT2D eigenvalue weighted by atomic mass is 16.1. The molecule has 1 fully saturated rings. The second-order valence-electron chi connectivity index (χ2n) is 9.68. The summed E-state index contributed by atoms with van der Waals surface area (Å²) in [7, 11) is 0. The third-order valence-corrected chi connectivity index (χ3v) is 7.04. The molecule has 4 heteroatoms. The molecule has 4 nitrogen and oxygen atoms in total. The van der Waals surface area contributed by atoms with Crippen molar-refractivity contribution in [3.05, 3.63) is 58.9 Å². The summed E-state index contributed by atoms with van der Waals surface area (Å²) in [6.45, 7) is 8.96. The summed E-state index contributed by atoms with van der Waals surface area (Å²) in [5.41, 5.74) is 5.63. The van der Waals surface area contributed by atoms with Gasteiger partial charge in [-0.3, -0.25) is 9.69 Å². The van der Waals surface area contributed by atoms with Gasteiger partial charge in [0.1, 0.15) is 0 Å². The van der Waals surface area contributed by atoms with Crippen molar-refractivity contribution >= 4 is 5.91 Å². The molecular formula is C27H39N3O. The Morgan fingerprint density at radius 3 is 2.81 bits per heavy atom. The fraction of sp³-hybridized carbons (Fsp3) is 0.593. The summed E-state index contributed by atoms with van der Waals surface area (Å²) < 4.78 is 2.29. The van der Waals surface area contributed by atoms with Gasteiger partial charge in [0.15, 0.2) is 0 Å². The minimum atomic E-state index is 0.187. The number of nitrogens with one attached hydrogen (secondary N) is 1. The number of likely N-dealkylation sites (tertiary alicyclic amines) is 1. The van der Waals surface area contributed by atoms with Crippen molar-refractivity contribution < 1.29 is 4.79 Å². The molecule has 2 aromatic rings. The molecule has 2 heterocycles. The number of nitrogens with zero attached hydrogens (tertiary/aromatic N) is 2. The first-order valence-electron chi connectivity index (χ1n) is 12.4. The molecule has 1 aliphatic carbocycles. The molecule has 31 heavy (non-hydrogen) atoms. The molecule has 0 radical (unpaired) electrons. The van der Waals surface area contributed by atoms with Crippen LogP contribution in [-0.2, 0) is 30.7 Å². The molecule has 2 atom stereocenters. The standard InChI is InChI=1S/C27H39N3O/c1-3-13-30-16-7-8-26(30)21(2)17-27(31)28-25-12-11-23-18-22(9-10-24(23)19-25)20-29-14-5-4-6-15-29/h7-10,16,18,21,25H,3-6,11-15,17,19-20H2,1-2H3,(H,28,31). The topological polar surface area (TPSA) is 37.3 Å². The van der Waals surface area contributed by atoms with Gasteiger partial charge in [0.2, 0.25) is 5.91 Å². The maximum Gasteiger partial charge on any atom is 0.220 e. The zero-order valence-corrected chi connectivity index (χ0v) is 19.4. The summed E-state index contributed by atoms with van der Waals surface area (Å²) >= 11 is 0. The zero-order chi connectivity index (χ0) is 21.6. The summed E-state index contributed by atoms with van der Waals surface area (Å²) in [5, 5.41) is 3.33. The van der Waals surface area contributed by atoms with Crippen LogP contribution in [0, 0.1) is 0 Å². The van der Waals surface area contributed by atoms with E-state index in [0.29, 0.717) is 6.42 Å². The van der Waals surface area contributed by atoms with Gasteiger partial charge < -0.3 is 9.88 Å². The van der Waals surface area contributed by atoms with E-state index in [0.717, 1.165) is 38.8 Å². The lowest BCUT2D eigenvalue weighted by atomic mass is 9.87. The normalized spacial score (nSPS) is 20.3. The molecule has 1 N–H and O–H groups in total. The summed E-state index contributed by atoms with van der Waals surface area (Å²) in [6, 6.07) is 11.6. The van der Waals surface area contributed by atoms with Crippen molar-refractivity contribution in [2.75, 3.05) is 13.1 Å². The number of carbonyl (C=O) groups is 1. The van der Waals surface area contributed by atoms with E-state index in [1.54, 1.807) is 0 Å². The molecule has 0 saturated carbocycles. The number of benzene rings is 1. The van der Waals surface area contributed by atoms with Crippen molar-refractivity contribution in [2.45, 2.75) is 90.3 Å². The lowest BCUT2D eigenvalue weighted by Gasteiger charge is -2.29. The average molecular weight is 422 g/mol. The smallest absolute Gasteiger partial charge is 0.220 e. The molecule has 0 spiro atoms. The minimum Gasteiger partial charge on any atom is -0.353 e. The largest absolute Gasteiger partial charge is 0.353 e. The van der Waals surface area contributed by atoms with E-state index in [2.05, 4.69) is 65.2 Å². The van der Waals surface area contributed by atoms with Crippen LogP contribution < -0.4 is 5.32 Å². The SMILES string of the molecule is CCCn1cccc1C(C)CC(=O)NC1CCc2cc(CN3CCCCC3)ccc2C1. The Morgan fingerprint density at radius 2 is 2.00 bits per heavy atom. The van der Waals surface area contributed by atoms with Crippen molar-refractivity contribution in [1.29, 1.82) is 0 Å². The molecule has 1 aliphatic heterocycles. The first-order chi connectivity index (χ1) is 15.1. The monoisotopic (exact) mass is 421 g/mol. The number of aromatic nitrogens is 1. The van der Waals surface area contributed by atoms with Crippen LogP contribution in [0.5, 0.6) is 0 Å². The van der Waals surface area contributed by atoms with Crippen molar-refractivity contribution in [3.8, 4) is 0 Å². The van der Waals surface area contributed by atoms with E-state index >= 15 is 0 Å².